The second kappa shape index (κ2) is 10.5. The summed E-state index contributed by atoms with van der Waals surface area (Å²) < 4.78 is 27.7. The first-order valence-corrected chi connectivity index (χ1v) is 12.7. The van der Waals surface area contributed by atoms with Gasteiger partial charge in [-0.15, -0.1) is 0 Å². The zero-order valence-electron chi connectivity index (χ0n) is 19.5. The third-order valence-corrected chi connectivity index (χ3v) is 8.16. The van der Waals surface area contributed by atoms with Crippen molar-refractivity contribution in [2.24, 2.45) is 0 Å². The van der Waals surface area contributed by atoms with Gasteiger partial charge in [0, 0.05) is 44.8 Å². The number of benzene rings is 2. The molecule has 0 atom stereocenters. The SMILES string of the molecule is CCN1CCN(c2ccc(S(=O)(=O)N(CC)CC)cc2NC(=O)c2ccccc2C)CC1. The summed E-state index contributed by atoms with van der Waals surface area (Å²) in [6, 6.07) is 12.5. The van der Waals surface area contributed by atoms with E-state index in [1.54, 1.807) is 18.2 Å². The summed E-state index contributed by atoms with van der Waals surface area (Å²) in [5, 5.41) is 3.00. The van der Waals surface area contributed by atoms with Crippen molar-refractivity contribution in [2.45, 2.75) is 32.6 Å². The lowest BCUT2D eigenvalue weighted by atomic mass is 10.1. The summed E-state index contributed by atoms with van der Waals surface area (Å²) in [6.07, 6.45) is 0. The first-order valence-electron chi connectivity index (χ1n) is 11.3. The Hall–Kier alpha value is -2.42. The molecule has 0 radical (unpaired) electrons. The average Bonchev–Trinajstić information content (AvgIpc) is 2.80. The molecule has 0 unspecified atom stereocenters. The normalized spacial score (nSPS) is 15.2. The van der Waals surface area contributed by atoms with Crippen molar-refractivity contribution in [1.29, 1.82) is 0 Å². The Morgan fingerprint density at radius 3 is 2.25 bits per heavy atom. The van der Waals surface area contributed by atoms with Crippen LogP contribution in [0.2, 0.25) is 0 Å². The molecule has 0 spiro atoms. The van der Waals surface area contributed by atoms with Crippen LogP contribution in [-0.2, 0) is 10.0 Å². The van der Waals surface area contributed by atoms with E-state index in [9.17, 15) is 13.2 Å². The molecular weight excluding hydrogens is 424 g/mol. The minimum atomic E-state index is -3.64. The smallest absolute Gasteiger partial charge is 0.255 e. The van der Waals surface area contributed by atoms with E-state index in [1.165, 1.54) is 4.31 Å². The number of anilines is 2. The fraction of sp³-hybridized carbons (Fsp3) is 0.458. The van der Waals surface area contributed by atoms with E-state index in [4.69, 9.17) is 0 Å². The monoisotopic (exact) mass is 458 g/mol. The lowest BCUT2D eigenvalue weighted by Crippen LogP contribution is -2.46. The van der Waals surface area contributed by atoms with Gasteiger partial charge in [0.15, 0.2) is 0 Å². The van der Waals surface area contributed by atoms with Gasteiger partial charge >= 0.3 is 0 Å². The van der Waals surface area contributed by atoms with Crippen LogP contribution in [0, 0.1) is 6.92 Å². The van der Waals surface area contributed by atoms with Gasteiger partial charge in [-0.2, -0.15) is 4.31 Å². The van der Waals surface area contributed by atoms with E-state index in [0.717, 1.165) is 44.0 Å². The van der Waals surface area contributed by atoms with Crippen LogP contribution in [0.1, 0.15) is 36.7 Å². The maximum atomic E-state index is 13.1. The maximum Gasteiger partial charge on any atom is 0.255 e. The van der Waals surface area contributed by atoms with Gasteiger partial charge in [-0.3, -0.25) is 4.79 Å². The van der Waals surface area contributed by atoms with Crippen molar-refractivity contribution in [2.75, 3.05) is 56.0 Å². The van der Waals surface area contributed by atoms with Crippen LogP contribution in [-0.4, -0.2) is 69.3 Å². The van der Waals surface area contributed by atoms with Crippen molar-refractivity contribution in [3.8, 4) is 0 Å². The quantitative estimate of drug-likeness (QED) is 0.656. The lowest BCUT2D eigenvalue weighted by molar-refractivity contribution is 0.102. The standard InChI is InChI=1S/C24H34N4O3S/c1-5-26-14-16-27(17-15-26)23-13-12-20(32(30,31)28(6-2)7-3)18-22(23)25-24(29)21-11-9-8-10-19(21)4/h8-13,18H,5-7,14-17H2,1-4H3,(H,25,29). The highest BCUT2D eigenvalue weighted by Crippen LogP contribution is 2.31. The predicted molar refractivity (Wildman–Crippen MR) is 130 cm³/mol. The van der Waals surface area contributed by atoms with Crippen LogP contribution in [0.3, 0.4) is 0 Å². The van der Waals surface area contributed by atoms with Crippen LogP contribution in [0.15, 0.2) is 47.4 Å². The molecule has 1 fully saturated rings. The van der Waals surface area contributed by atoms with Crippen LogP contribution < -0.4 is 10.2 Å². The van der Waals surface area contributed by atoms with Crippen LogP contribution in [0.25, 0.3) is 0 Å². The number of rotatable bonds is 8. The van der Waals surface area contributed by atoms with Crippen molar-refractivity contribution >= 4 is 27.3 Å². The molecule has 3 rings (SSSR count). The van der Waals surface area contributed by atoms with Gasteiger partial charge in [0.25, 0.3) is 5.91 Å². The second-order valence-corrected chi connectivity index (χ2v) is 9.90. The fourth-order valence-corrected chi connectivity index (χ4v) is 5.57. The number of amides is 1. The summed E-state index contributed by atoms with van der Waals surface area (Å²) in [7, 11) is -3.64. The highest BCUT2D eigenvalue weighted by Gasteiger charge is 2.25. The van der Waals surface area contributed by atoms with E-state index >= 15 is 0 Å². The van der Waals surface area contributed by atoms with E-state index < -0.39 is 10.0 Å². The Morgan fingerprint density at radius 1 is 1.00 bits per heavy atom. The number of nitrogens with one attached hydrogen (secondary N) is 1. The Balaban J connectivity index is 2.00. The minimum Gasteiger partial charge on any atom is -0.367 e. The number of hydrogen-bond donors (Lipinski definition) is 1. The van der Waals surface area contributed by atoms with E-state index in [0.29, 0.717) is 24.3 Å². The Labute approximate surface area is 192 Å². The highest BCUT2D eigenvalue weighted by atomic mass is 32.2. The Morgan fingerprint density at radius 2 is 1.66 bits per heavy atom. The van der Waals surface area contributed by atoms with E-state index in [-0.39, 0.29) is 10.8 Å². The maximum absolute atomic E-state index is 13.1. The molecule has 0 aliphatic carbocycles. The number of piperazine rings is 1. The van der Waals surface area contributed by atoms with Gasteiger partial charge in [0.1, 0.15) is 0 Å². The average molecular weight is 459 g/mol. The molecule has 1 heterocycles. The molecule has 8 heteroatoms. The molecule has 1 saturated heterocycles. The van der Waals surface area contributed by atoms with Crippen molar-refractivity contribution in [1.82, 2.24) is 9.21 Å². The molecular formula is C24H34N4O3S. The third-order valence-electron chi connectivity index (χ3n) is 6.11. The number of likely N-dealkylation sites (N-methyl/N-ethyl adjacent to an activating group) is 1. The van der Waals surface area contributed by atoms with Crippen LogP contribution in [0.4, 0.5) is 11.4 Å². The highest BCUT2D eigenvalue weighted by molar-refractivity contribution is 7.89. The lowest BCUT2D eigenvalue weighted by Gasteiger charge is -2.36. The zero-order valence-corrected chi connectivity index (χ0v) is 20.3. The van der Waals surface area contributed by atoms with Crippen molar-refractivity contribution in [3.05, 3.63) is 53.6 Å². The molecule has 2 aromatic rings. The largest absolute Gasteiger partial charge is 0.367 e. The van der Waals surface area contributed by atoms with Crippen molar-refractivity contribution in [3.63, 3.8) is 0 Å². The van der Waals surface area contributed by atoms with Crippen molar-refractivity contribution < 1.29 is 13.2 Å². The number of hydrogen-bond acceptors (Lipinski definition) is 5. The van der Waals surface area contributed by atoms with E-state index in [1.807, 2.05) is 45.0 Å². The predicted octanol–water partition coefficient (Wildman–Crippen LogP) is 3.42. The number of carbonyl (C=O) groups excluding carboxylic acids is 1. The fourth-order valence-electron chi connectivity index (χ4n) is 4.09. The van der Waals surface area contributed by atoms with Gasteiger partial charge in [-0.25, -0.2) is 8.42 Å². The first-order chi connectivity index (χ1) is 15.3. The van der Waals surface area contributed by atoms with Gasteiger partial charge in [0.2, 0.25) is 10.0 Å². The summed E-state index contributed by atoms with van der Waals surface area (Å²) in [4.78, 5) is 17.9. The van der Waals surface area contributed by atoms with Gasteiger partial charge in [0.05, 0.1) is 16.3 Å². The molecule has 1 amide bonds. The topological polar surface area (TPSA) is 73.0 Å². The molecule has 1 aliphatic rings. The number of nitrogens with zero attached hydrogens (tertiary/aromatic N) is 3. The number of aryl methyl sites for hydroxylation is 1. The molecule has 174 valence electrons. The van der Waals surface area contributed by atoms with Gasteiger partial charge < -0.3 is 15.1 Å². The zero-order chi connectivity index (χ0) is 23.3. The minimum absolute atomic E-state index is 0.192. The third kappa shape index (κ3) is 5.14. The summed E-state index contributed by atoms with van der Waals surface area (Å²) in [5.74, 6) is -0.242. The second-order valence-electron chi connectivity index (χ2n) is 7.96. The molecule has 2 aromatic carbocycles. The molecule has 7 nitrogen and oxygen atoms in total. The Bertz CT molecular complexity index is 1040. The number of sulfonamides is 1. The summed E-state index contributed by atoms with van der Waals surface area (Å²) in [6.45, 7) is 13.0. The van der Waals surface area contributed by atoms with Gasteiger partial charge in [-0.1, -0.05) is 39.0 Å². The summed E-state index contributed by atoms with van der Waals surface area (Å²) >= 11 is 0. The number of carbonyl (C=O) groups is 1. The molecule has 1 aliphatic heterocycles. The first kappa shape index (κ1) is 24.2. The summed E-state index contributed by atoms with van der Waals surface area (Å²) in [5.41, 5.74) is 2.82. The molecule has 0 bridgehead atoms. The Kier molecular flexibility index (Phi) is 7.92. The molecule has 0 saturated carbocycles. The van der Waals surface area contributed by atoms with E-state index in [2.05, 4.69) is 22.0 Å². The molecule has 0 aromatic heterocycles. The van der Waals surface area contributed by atoms with Crippen LogP contribution in [0.5, 0.6) is 0 Å². The molecule has 32 heavy (non-hydrogen) atoms. The van der Waals surface area contributed by atoms with Gasteiger partial charge in [-0.05, 0) is 43.3 Å². The molecule has 1 N–H and O–H groups in total. The van der Waals surface area contributed by atoms with Crippen LogP contribution >= 0.6 is 0 Å².